The molecular formula is C37H33N3O6S2. The first kappa shape index (κ1) is 32.8. The van der Waals surface area contributed by atoms with E-state index in [4.69, 9.17) is 14.2 Å². The molecule has 1 atom stereocenters. The number of anilines is 1. The van der Waals surface area contributed by atoms with Crippen LogP contribution in [0.4, 0.5) is 5.13 Å². The van der Waals surface area contributed by atoms with Crippen molar-refractivity contribution in [2.24, 2.45) is 0 Å². The zero-order chi connectivity index (χ0) is 33.8. The van der Waals surface area contributed by atoms with Gasteiger partial charge in [0.25, 0.3) is 5.78 Å². The van der Waals surface area contributed by atoms with E-state index in [0.29, 0.717) is 45.1 Å². The fraction of sp³-hybridized carbons (Fsp3) is 0.189. The number of thioether (sulfide) groups is 1. The van der Waals surface area contributed by atoms with Crippen molar-refractivity contribution in [3.05, 3.63) is 130 Å². The smallest absolute Gasteiger partial charge is 0.301 e. The van der Waals surface area contributed by atoms with E-state index in [2.05, 4.69) is 34.5 Å². The molecule has 0 bridgehead atoms. The number of hydrogen-bond donors (Lipinski definition) is 1. The molecule has 0 aliphatic carbocycles. The van der Waals surface area contributed by atoms with E-state index >= 15 is 0 Å². The third-order valence-corrected chi connectivity index (χ3v) is 10.2. The fourth-order valence-corrected chi connectivity index (χ4v) is 7.18. The maximum atomic E-state index is 13.7. The molecule has 1 aromatic heterocycles. The summed E-state index contributed by atoms with van der Waals surface area (Å²) in [5.41, 5.74) is 5.29. The summed E-state index contributed by atoms with van der Waals surface area (Å²) in [5.74, 6) is 0.164. The van der Waals surface area contributed by atoms with Gasteiger partial charge in [-0.2, -0.15) is 0 Å². The number of nitrogens with zero attached hydrogens (tertiary/aromatic N) is 3. The molecule has 2 heterocycles. The zero-order valence-electron chi connectivity index (χ0n) is 26.8. The number of ether oxygens (including phenoxy) is 3. The molecule has 5 aromatic rings. The number of ketones is 1. The van der Waals surface area contributed by atoms with Crippen LogP contribution in [0.3, 0.4) is 0 Å². The molecule has 1 aliphatic rings. The SMILES string of the molecule is COc1ccc(C2C(=C(O)c3ccc(OCc4ccccc4C)cc3)C(=O)C(=O)N2c2nnc(SCc3ccc(C)cc3)s2)cc1OC. The van der Waals surface area contributed by atoms with Crippen LogP contribution < -0.4 is 19.1 Å². The van der Waals surface area contributed by atoms with Crippen molar-refractivity contribution in [2.45, 2.75) is 36.6 Å². The minimum absolute atomic E-state index is 0.0788. The van der Waals surface area contributed by atoms with Gasteiger partial charge < -0.3 is 19.3 Å². The Bertz CT molecular complexity index is 1990. The van der Waals surface area contributed by atoms with Gasteiger partial charge >= 0.3 is 5.91 Å². The van der Waals surface area contributed by atoms with Crippen LogP contribution in [-0.2, 0) is 21.9 Å². The number of amides is 1. The number of aryl methyl sites for hydroxylation is 2. The maximum absolute atomic E-state index is 13.7. The van der Waals surface area contributed by atoms with Gasteiger partial charge in [-0.1, -0.05) is 83.3 Å². The molecule has 0 spiro atoms. The Morgan fingerprint density at radius 2 is 1.62 bits per heavy atom. The summed E-state index contributed by atoms with van der Waals surface area (Å²) in [5, 5.41) is 20.5. The van der Waals surface area contributed by atoms with Gasteiger partial charge in [0.2, 0.25) is 5.13 Å². The van der Waals surface area contributed by atoms with Crippen LogP contribution >= 0.6 is 23.1 Å². The molecule has 1 saturated heterocycles. The molecule has 9 nitrogen and oxygen atoms in total. The van der Waals surface area contributed by atoms with Gasteiger partial charge in [0.1, 0.15) is 18.1 Å². The topological polar surface area (TPSA) is 111 Å². The van der Waals surface area contributed by atoms with E-state index in [1.165, 1.54) is 47.8 Å². The molecule has 11 heteroatoms. The Morgan fingerprint density at radius 1 is 0.896 bits per heavy atom. The molecule has 1 amide bonds. The molecule has 1 fully saturated rings. The second-order valence-electron chi connectivity index (χ2n) is 11.1. The summed E-state index contributed by atoms with van der Waals surface area (Å²) in [6, 6.07) is 27.0. The van der Waals surface area contributed by atoms with Gasteiger partial charge in [0.05, 0.1) is 25.8 Å². The molecule has 0 radical (unpaired) electrons. The third kappa shape index (κ3) is 6.78. The average molecular weight is 680 g/mol. The standard InChI is InChI=1S/C37H33N3O6S2/c1-22-9-11-24(12-10-22)21-47-37-39-38-36(48-37)40-32(26-15-18-29(44-3)30(19-26)45-4)31(34(42)35(40)43)33(41)25-13-16-28(17-14-25)46-20-27-8-6-5-7-23(27)2/h5-19,32,41H,20-21H2,1-4H3. The maximum Gasteiger partial charge on any atom is 0.301 e. The molecule has 1 aliphatic heterocycles. The third-order valence-electron chi connectivity index (χ3n) is 8.04. The Morgan fingerprint density at radius 3 is 2.33 bits per heavy atom. The van der Waals surface area contributed by atoms with E-state index in [1.54, 1.807) is 42.5 Å². The molecule has 1 N–H and O–H groups in total. The number of rotatable bonds is 11. The van der Waals surface area contributed by atoms with Crippen molar-refractivity contribution in [2.75, 3.05) is 19.1 Å². The van der Waals surface area contributed by atoms with Gasteiger partial charge in [-0.15, -0.1) is 10.2 Å². The minimum Gasteiger partial charge on any atom is -0.507 e. The minimum atomic E-state index is -1.01. The number of methoxy groups -OCH3 is 2. The van der Waals surface area contributed by atoms with Crippen molar-refractivity contribution in [1.29, 1.82) is 0 Å². The Hall–Kier alpha value is -5.13. The second-order valence-corrected chi connectivity index (χ2v) is 13.3. The summed E-state index contributed by atoms with van der Waals surface area (Å²) in [6.07, 6.45) is 0. The number of carbonyl (C=O) groups is 2. The Balaban J connectivity index is 1.34. The summed E-state index contributed by atoms with van der Waals surface area (Å²) < 4.78 is 17.6. The fourth-order valence-electron chi connectivity index (χ4n) is 5.35. The van der Waals surface area contributed by atoms with E-state index in [9.17, 15) is 14.7 Å². The first-order valence-electron chi connectivity index (χ1n) is 15.1. The number of hydrogen-bond acceptors (Lipinski definition) is 10. The number of aromatic nitrogens is 2. The number of aliphatic hydroxyl groups excluding tert-OH is 1. The quantitative estimate of drug-likeness (QED) is 0.0494. The first-order valence-corrected chi connectivity index (χ1v) is 16.9. The summed E-state index contributed by atoms with van der Waals surface area (Å²) >= 11 is 2.70. The summed E-state index contributed by atoms with van der Waals surface area (Å²) in [7, 11) is 3.03. The molecule has 244 valence electrons. The molecule has 0 saturated carbocycles. The molecule has 1 unspecified atom stereocenters. The van der Waals surface area contributed by atoms with E-state index < -0.39 is 17.7 Å². The number of Topliss-reactive ketones (excluding diaryl/α,β-unsaturated/α-hetero) is 1. The molecule has 48 heavy (non-hydrogen) atoms. The van der Waals surface area contributed by atoms with Gasteiger partial charge in [0, 0.05) is 11.3 Å². The lowest BCUT2D eigenvalue weighted by molar-refractivity contribution is -0.132. The molecular weight excluding hydrogens is 647 g/mol. The Kier molecular flexibility index (Phi) is 9.79. The predicted molar refractivity (Wildman–Crippen MR) is 187 cm³/mol. The molecule has 4 aromatic carbocycles. The lowest BCUT2D eigenvalue weighted by Gasteiger charge is -2.23. The largest absolute Gasteiger partial charge is 0.507 e. The van der Waals surface area contributed by atoms with Crippen molar-refractivity contribution in [3.63, 3.8) is 0 Å². The zero-order valence-corrected chi connectivity index (χ0v) is 28.4. The normalized spacial score (nSPS) is 15.5. The van der Waals surface area contributed by atoms with Crippen molar-refractivity contribution in [1.82, 2.24) is 10.2 Å². The van der Waals surface area contributed by atoms with Crippen molar-refractivity contribution in [3.8, 4) is 17.2 Å². The highest BCUT2D eigenvalue weighted by molar-refractivity contribution is 8.00. The number of benzene rings is 4. The van der Waals surface area contributed by atoms with Crippen molar-refractivity contribution >= 4 is 45.7 Å². The highest BCUT2D eigenvalue weighted by Crippen LogP contribution is 2.45. The van der Waals surface area contributed by atoms with Crippen LogP contribution in [0.25, 0.3) is 5.76 Å². The lowest BCUT2D eigenvalue weighted by atomic mass is 9.95. The first-order chi connectivity index (χ1) is 23.3. The van der Waals surface area contributed by atoms with E-state index in [1.807, 2.05) is 38.1 Å². The second kappa shape index (κ2) is 14.3. The highest BCUT2D eigenvalue weighted by atomic mass is 32.2. The lowest BCUT2D eigenvalue weighted by Crippen LogP contribution is -2.29. The van der Waals surface area contributed by atoms with Gasteiger partial charge in [0.15, 0.2) is 15.8 Å². The van der Waals surface area contributed by atoms with Crippen molar-refractivity contribution < 1.29 is 28.9 Å². The van der Waals surface area contributed by atoms with Gasteiger partial charge in [-0.3, -0.25) is 14.5 Å². The van der Waals surface area contributed by atoms with Crippen LogP contribution in [0, 0.1) is 13.8 Å². The van der Waals surface area contributed by atoms with Crippen LogP contribution in [0.1, 0.15) is 39.4 Å². The van der Waals surface area contributed by atoms with Crippen LogP contribution in [0.5, 0.6) is 17.2 Å². The monoisotopic (exact) mass is 679 g/mol. The van der Waals surface area contributed by atoms with Crippen LogP contribution in [0.15, 0.2) is 101 Å². The predicted octanol–water partition coefficient (Wildman–Crippen LogP) is 7.67. The number of aliphatic hydroxyl groups is 1. The van der Waals surface area contributed by atoms with E-state index in [0.717, 1.165) is 16.7 Å². The van der Waals surface area contributed by atoms with Gasteiger partial charge in [-0.05, 0) is 72.5 Å². The average Bonchev–Trinajstić information content (AvgIpc) is 3.68. The van der Waals surface area contributed by atoms with E-state index in [-0.39, 0.29) is 16.5 Å². The Labute approximate surface area is 286 Å². The highest BCUT2D eigenvalue weighted by Gasteiger charge is 2.48. The van der Waals surface area contributed by atoms with Crippen LogP contribution in [0.2, 0.25) is 0 Å². The number of carbonyl (C=O) groups excluding carboxylic acids is 2. The molecule has 6 rings (SSSR count). The summed E-state index contributed by atoms with van der Waals surface area (Å²) in [4.78, 5) is 28.7. The van der Waals surface area contributed by atoms with Crippen LogP contribution in [-0.4, -0.2) is 41.2 Å². The summed E-state index contributed by atoms with van der Waals surface area (Å²) in [6.45, 7) is 4.45. The van der Waals surface area contributed by atoms with Gasteiger partial charge in [-0.25, -0.2) is 0 Å².